The van der Waals surface area contributed by atoms with Crippen molar-refractivity contribution in [2.45, 2.75) is 46.3 Å². The number of pyridine rings is 1. The molecule has 1 aromatic rings. The second-order valence-corrected chi connectivity index (χ2v) is 6.70. The van der Waals surface area contributed by atoms with Crippen molar-refractivity contribution in [3.8, 4) is 5.88 Å². The van der Waals surface area contributed by atoms with Crippen LogP contribution in [-0.4, -0.2) is 35.1 Å². The number of ether oxygens (including phenoxy) is 1. The third kappa shape index (κ3) is 3.61. The predicted octanol–water partition coefficient (Wildman–Crippen LogP) is 3.62. The van der Waals surface area contributed by atoms with E-state index in [1.165, 1.54) is 0 Å². The molecular formula is C15H23ClN2O. The van der Waals surface area contributed by atoms with Gasteiger partial charge in [0.1, 0.15) is 6.10 Å². The average molecular weight is 283 g/mol. The standard InChI is InChI=1S/C15H23ClN2O/c1-5-18-10-12(8-13(18)15(2,3)4)19-14-7-6-11(16)9-17-14/h6-7,9,12-13H,5,8,10H2,1-4H3. The van der Waals surface area contributed by atoms with Crippen LogP contribution in [-0.2, 0) is 0 Å². The SMILES string of the molecule is CCN1CC(Oc2ccc(Cl)cn2)CC1C(C)(C)C. The minimum absolute atomic E-state index is 0.220. The first-order valence-electron chi connectivity index (χ1n) is 6.92. The van der Waals surface area contributed by atoms with Crippen molar-refractivity contribution in [3.05, 3.63) is 23.4 Å². The highest BCUT2D eigenvalue weighted by Gasteiger charge is 2.39. The van der Waals surface area contributed by atoms with E-state index < -0.39 is 0 Å². The Bertz CT molecular complexity index is 413. The lowest BCUT2D eigenvalue weighted by Gasteiger charge is -2.33. The number of likely N-dealkylation sites (tertiary alicyclic amines) is 1. The molecule has 0 aromatic carbocycles. The smallest absolute Gasteiger partial charge is 0.213 e. The summed E-state index contributed by atoms with van der Waals surface area (Å²) in [7, 11) is 0. The molecule has 0 amide bonds. The van der Waals surface area contributed by atoms with E-state index in [1.807, 2.05) is 12.1 Å². The Kier molecular flexibility index (Phi) is 4.36. The number of hydrogen-bond donors (Lipinski definition) is 0. The average Bonchev–Trinajstić information content (AvgIpc) is 2.75. The van der Waals surface area contributed by atoms with Crippen molar-refractivity contribution in [2.24, 2.45) is 5.41 Å². The van der Waals surface area contributed by atoms with Gasteiger partial charge in [0.05, 0.1) is 5.02 Å². The fourth-order valence-electron chi connectivity index (χ4n) is 2.80. The Morgan fingerprint density at radius 1 is 1.42 bits per heavy atom. The van der Waals surface area contributed by atoms with Crippen molar-refractivity contribution in [1.82, 2.24) is 9.88 Å². The molecule has 1 aliphatic rings. The van der Waals surface area contributed by atoms with Gasteiger partial charge in [0, 0.05) is 31.3 Å². The zero-order valence-corrected chi connectivity index (χ0v) is 12.9. The Morgan fingerprint density at radius 2 is 2.16 bits per heavy atom. The van der Waals surface area contributed by atoms with Crippen LogP contribution >= 0.6 is 11.6 Å². The van der Waals surface area contributed by atoms with E-state index in [0.717, 1.165) is 19.5 Å². The second-order valence-electron chi connectivity index (χ2n) is 6.26. The van der Waals surface area contributed by atoms with Crippen LogP contribution in [0.4, 0.5) is 0 Å². The Hall–Kier alpha value is -0.800. The first-order valence-corrected chi connectivity index (χ1v) is 7.30. The van der Waals surface area contributed by atoms with Crippen molar-refractivity contribution in [1.29, 1.82) is 0 Å². The third-order valence-electron chi connectivity index (χ3n) is 3.76. The molecule has 0 spiro atoms. The van der Waals surface area contributed by atoms with Gasteiger partial charge in [-0.25, -0.2) is 4.98 Å². The maximum absolute atomic E-state index is 5.98. The molecule has 2 rings (SSSR count). The lowest BCUT2D eigenvalue weighted by atomic mass is 9.85. The van der Waals surface area contributed by atoms with E-state index in [0.29, 0.717) is 16.9 Å². The van der Waals surface area contributed by atoms with Crippen LogP contribution in [0.5, 0.6) is 5.88 Å². The summed E-state index contributed by atoms with van der Waals surface area (Å²) in [4.78, 5) is 6.71. The highest BCUT2D eigenvalue weighted by Crippen LogP contribution is 2.33. The van der Waals surface area contributed by atoms with Gasteiger partial charge in [-0.3, -0.25) is 4.90 Å². The van der Waals surface area contributed by atoms with Gasteiger partial charge in [-0.15, -0.1) is 0 Å². The molecule has 19 heavy (non-hydrogen) atoms. The molecule has 4 heteroatoms. The minimum Gasteiger partial charge on any atom is -0.473 e. The summed E-state index contributed by atoms with van der Waals surface area (Å²) in [5, 5.41) is 0.640. The second kappa shape index (κ2) is 5.68. The quantitative estimate of drug-likeness (QED) is 0.847. The minimum atomic E-state index is 0.220. The van der Waals surface area contributed by atoms with E-state index >= 15 is 0 Å². The zero-order valence-electron chi connectivity index (χ0n) is 12.2. The van der Waals surface area contributed by atoms with Crippen molar-refractivity contribution in [2.75, 3.05) is 13.1 Å². The summed E-state index contributed by atoms with van der Waals surface area (Å²) in [6.45, 7) is 11.1. The molecule has 0 N–H and O–H groups in total. The van der Waals surface area contributed by atoms with Crippen LogP contribution in [0.1, 0.15) is 34.1 Å². The van der Waals surface area contributed by atoms with E-state index in [9.17, 15) is 0 Å². The topological polar surface area (TPSA) is 25.4 Å². The molecule has 0 radical (unpaired) electrons. The molecule has 2 heterocycles. The predicted molar refractivity (Wildman–Crippen MR) is 78.8 cm³/mol. The third-order valence-corrected chi connectivity index (χ3v) is 3.98. The summed E-state index contributed by atoms with van der Waals surface area (Å²) < 4.78 is 5.98. The highest BCUT2D eigenvalue weighted by molar-refractivity contribution is 6.30. The van der Waals surface area contributed by atoms with Crippen molar-refractivity contribution in [3.63, 3.8) is 0 Å². The van der Waals surface area contributed by atoms with Crippen LogP contribution in [0.25, 0.3) is 0 Å². The molecule has 1 fully saturated rings. The number of nitrogens with zero attached hydrogens (tertiary/aromatic N) is 2. The molecule has 0 bridgehead atoms. The van der Waals surface area contributed by atoms with Crippen LogP contribution in [0.15, 0.2) is 18.3 Å². The summed E-state index contributed by atoms with van der Waals surface area (Å²) in [6.07, 6.45) is 2.91. The molecule has 2 unspecified atom stereocenters. The van der Waals surface area contributed by atoms with Crippen LogP contribution in [0.3, 0.4) is 0 Å². The monoisotopic (exact) mass is 282 g/mol. The lowest BCUT2D eigenvalue weighted by Crippen LogP contribution is -2.39. The number of likely N-dealkylation sites (N-methyl/N-ethyl adjacent to an activating group) is 1. The van der Waals surface area contributed by atoms with Crippen molar-refractivity contribution < 1.29 is 4.74 Å². The molecule has 0 saturated carbocycles. The van der Waals surface area contributed by atoms with Crippen LogP contribution in [0, 0.1) is 5.41 Å². The first kappa shape index (κ1) is 14.6. The summed E-state index contributed by atoms with van der Waals surface area (Å²) in [5.41, 5.74) is 0.279. The summed E-state index contributed by atoms with van der Waals surface area (Å²) in [6, 6.07) is 4.22. The van der Waals surface area contributed by atoms with E-state index in [1.54, 1.807) is 6.20 Å². The van der Waals surface area contributed by atoms with Gasteiger partial charge in [-0.1, -0.05) is 39.3 Å². The molecular weight excluding hydrogens is 260 g/mol. The fourth-order valence-corrected chi connectivity index (χ4v) is 2.91. The molecule has 1 aliphatic heterocycles. The zero-order chi connectivity index (χ0) is 14.0. The highest BCUT2D eigenvalue weighted by atomic mass is 35.5. The van der Waals surface area contributed by atoms with Gasteiger partial charge in [0.2, 0.25) is 5.88 Å². The van der Waals surface area contributed by atoms with E-state index in [2.05, 4.69) is 37.6 Å². The molecule has 1 saturated heterocycles. The van der Waals surface area contributed by atoms with Gasteiger partial charge in [0.25, 0.3) is 0 Å². The largest absolute Gasteiger partial charge is 0.473 e. The molecule has 1 aromatic heterocycles. The van der Waals surface area contributed by atoms with Crippen LogP contribution in [0.2, 0.25) is 5.02 Å². The Balaban J connectivity index is 2.02. The lowest BCUT2D eigenvalue weighted by molar-refractivity contribution is 0.147. The number of rotatable bonds is 3. The van der Waals surface area contributed by atoms with Gasteiger partial charge in [-0.05, 0) is 18.0 Å². The molecule has 0 aliphatic carbocycles. The molecule has 3 nitrogen and oxygen atoms in total. The first-order chi connectivity index (χ1) is 8.90. The normalized spacial score (nSPS) is 24.7. The van der Waals surface area contributed by atoms with Gasteiger partial charge >= 0.3 is 0 Å². The fraction of sp³-hybridized carbons (Fsp3) is 0.667. The molecule has 2 atom stereocenters. The van der Waals surface area contributed by atoms with Crippen molar-refractivity contribution >= 4 is 11.6 Å². The molecule has 106 valence electrons. The summed E-state index contributed by atoms with van der Waals surface area (Å²) >= 11 is 5.83. The number of aromatic nitrogens is 1. The maximum Gasteiger partial charge on any atom is 0.213 e. The van der Waals surface area contributed by atoms with E-state index in [4.69, 9.17) is 16.3 Å². The summed E-state index contributed by atoms with van der Waals surface area (Å²) in [5.74, 6) is 0.667. The Morgan fingerprint density at radius 3 is 2.63 bits per heavy atom. The number of halogens is 1. The van der Waals surface area contributed by atoms with Gasteiger partial charge in [0.15, 0.2) is 0 Å². The van der Waals surface area contributed by atoms with Gasteiger partial charge in [-0.2, -0.15) is 0 Å². The maximum atomic E-state index is 5.98. The van der Waals surface area contributed by atoms with Gasteiger partial charge < -0.3 is 4.74 Å². The Labute approximate surface area is 120 Å². The number of hydrogen-bond acceptors (Lipinski definition) is 3. The van der Waals surface area contributed by atoms with E-state index in [-0.39, 0.29) is 11.5 Å². The van der Waals surface area contributed by atoms with Crippen LogP contribution < -0.4 is 4.74 Å².